The number of nitrogens with one attached hydrogen (secondary N) is 2. The van der Waals surface area contributed by atoms with Gasteiger partial charge in [-0.3, -0.25) is 0 Å². The molecule has 2 saturated heterocycles. The first-order chi connectivity index (χ1) is 10.4. The maximum atomic E-state index is 5.91. The SMILES string of the molecule is CC(C)(C)CNc1cc(N2CCC3NCCC3C2)nc(N)n1. The Balaban J connectivity index is 1.72. The fourth-order valence-electron chi connectivity index (χ4n) is 3.32. The minimum Gasteiger partial charge on any atom is -0.369 e. The lowest BCUT2D eigenvalue weighted by molar-refractivity contribution is 0.375. The summed E-state index contributed by atoms with van der Waals surface area (Å²) >= 11 is 0. The largest absolute Gasteiger partial charge is 0.369 e. The van der Waals surface area contributed by atoms with E-state index in [-0.39, 0.29) is 5.41 Å². The minimum atomic E-state index is 0.202. The minimum absolute atomic E-state index is 0.202. The van der Waals surface area contributed by atoms with Crippen LogP contribution in [0.5, 0.6) is 0 Å². The second kappa shape index (κ2) is 5.91. The van der Waals surface area contributed by atoms with Crippen LogP contribution in [0.1, 0.15) is 33.6 Å². The summed E-state index contributed by atoms with van der Waals surface area (Å²) in [7, 11) is 0. The van der Waals surface area contributed by atoms with Crippen LogP contribution in [0.15, 0.2) is 6.07 Å². The van der Waals surface area contributed by atoms with E-state index in [4.69, 9.17) is 5.73 Å². The summed E-state index contributed by atoms with van der Waals surface area (Å²) in [6.07, 6.45) is 2.44. The molecule has 3 heterocycles. The zero-order valence-electron chi connectivity index (χ0n) is 13.9. The van der Waals surface area contributed by atoms with E-state index in [1.54, 1.807) is 0 Å². The van der Waals surface area contributed by atoms with Crippen molar-refractivity contribution >= 4 is 17.6 Å². The van der Waals surface area contributed by atoms with Gasteiger partial charge in [0, 0.05) is 31.7 Å². The predicted octanol–water partition coefficient (Wildman–Crippen LogP) is 1.70. The lowest BCUT2D eigenvalue weighted by Crippen LogP contribution is -2.44. The molecule has 6 nitrogen and oxygen atoms in total. The highest BCUT2D eigenvalue weighted by atomic mass is 15.2. The lowest BCUT2D eigenvalue weighted by atomic mass is 9.93. The van der Waals surface area contributed by atoms with Crippen LogP contribution in [0.2, 0.25) is 0 Å². The van der Waals surface area contributed by atoms with Gasteiger partial charge in [0.25, 0.3) is 0 Å². The first-order valence-corrected chi connectivity index (χ1v) is 8.27. The van der Waals surface area contributed by atoms with E-state index < -0.39 is 0 Å². The van der Waals surface area contributed by atoms with Gasteiger partial charge in [0.05, 0.1) is 0 Å². The first-order valence-electron chi connectivity index (χ1n) is 8.27. The summed E-state index contributed by atoms with van der Waals surface area (Å²) in [5.74, 6) is 2.86. The molecule has 2 fully saturated rings. The summed E-state index contributed by atoms with van der Waals surface area (Å²) in [5, 5.41) is 6.97. The van der Waals surface area contributed by atoms with Gasteiger partial charge in [0.2, 0.25) is 5.95 Å². The second-order valence-corrected chi connectivity index (χ2v) is 7.73. The van der Waals surface area contributed by atoms with Gasteiger partial charge in [0.1, 0.15) is 11.6 Å². The molecule has 2 aliphatic rings. The number of nitrogens with two attached hydrogens (primary N) is 1. The summed E-state index contributed by atoms with van der Waals surface area (Å²) < 4.78 is 0. The molecular formula is C16H28N6. The molecule has 0 aromatic carbocycles. The van der Waals surface area contributed by atoms with Gasteiger partial charge in [0.15, 0.2) is 0 Å². The molecule has 22 heavy (non-hydrogen) atoms. The van der Waals surface area contributed by atoms with Crippen LogP contribution < -0.4 is 21.3 Å². The van der Waals surface area contributed by atoms with E-state index in [0.717, 1.165) is 43.7 Å². The Kier molecular flexibility index (Phi) is 4.12. The monoisotopic (exact) mass is 304 g/mol. The molecule has 0 bridgehead atoms. The zero-order chi connectivity index (χ0) is 15.7. The Morgan fingerprint density at radius 2 is 2.18 bits per heavy atom. The molecule has 0 saturated carbocycles. The summed E-state index contributed by atoms with van der Waals surface area (Å²) in [6.45, 7) is 10.7. The zero-order valence-corrected chi connectivity index (χ0v) is 13.9. The average Bonchev–Trinajstić information content (AvgIpc) is 2.91. The number of nitrogens with zero attached hydrogens (tertiary/aromatic N) is 3. The fraction of sp³-hybridized carbons (Fsp3) is 0.750. The number of aromatic nitrogens is 2. The normalized spacial score (nSPS) is 25.1. The van der Waals surface area contributed by atoms with Gasteiger partial charge in [-0.25, -0.2) is 0 Å². The highest BCUT2D eigenvalue weighted by molar-refractivity contribution is 5.53. The molecule has 6 heteroatoms. The van der Waals surface area contributed by atoms with Gasteiger partial charge >= 0.3 is 0 Å². The maximum absolute atomic E-state index is 5.91. The Hall–Kier alpha value is -1.56. The molecule has 122 valence electrons. The molecule has 1 aromatic rings. The predicted molar refractivity (Wildman–Crippen MR) is 91.1 cm³/mol. The van der Waals surface area contributed by atoms with Crippen LogP contribution in [0.25, 0.3) is 0 Å². The summed E-state index contributed by atoms with van der Waals surface area (Å²) in [4.78, 5) is 11.1. The topological polar surface area (TPSA) is 79.1 Å². The third kappa shape index (κ3) is 3.61. The van der Waals surface area contributed by atoms with Crippen LogP contribution in [0, 0.1) is 11.3 Å². The van der Waals surface area contributed by atoms with Crippen LogP contribution in [0.4, 0.5) is 17.6 Å². The first kappa shape index (κ1) is 15.3. The summed E-state index contributed by atoms with van der Waals surface area (Å²) in [5.41, 5.74) is 6.11. The van der Waals surface area contributed by atoms with E-state index in [9.17, 15) is 0 Å². The third-order valence-corrected chi connectivity index (χ3v) is 4.51. The molecule has 4 N–H and O–H groups in total. The number of fused-ring (bicyclic) bond motifs is 1. The van der Waals surface area contributed by atoms with Crippen molar-refractivity contribution in [3.63, 3.8) is 0 Å². The molecule has 0 aliphatic carbocycles. The van der Waals surface area contributed by atoms with E-state index in [1.165, 1.54) is 12.8 Å². The quantitative estimate of drug-likeness (QED) is 0.789. The lowest BCUT2D eigenvalue weighted by Gasteiger charge is -2.35. The maximum Gasteiger partial charge on any atom is 0.223 e. The third-order valence-electron chi connectivity index (χ3n) is 4.51. The number of rotatable bonds is 3. The Morgan fingerprint density at radius 1 is 1.36 bits per heavy atom. The number of hydrogen-bond donors (Lipinski definition) is 3. The highest BCUT2D eigenvalue weighted by Crippen LogP contribution is 2.28. The molecule has 2 atom stereocenters. The van der Waals surface area contributed by atoms with Gasteiger partial charge in [-0.2, -0.15) is 9.97 Å². The van der Waals surface area contributed by atoms with Crippen molar-refractivity contribution < 1.29 is 0 Å². The van der Waals surface area contributed by atoms with Crippen LogP contribution in [0.3, 0.4) is 0 Å². The van der Waals surface area contributed by atoms with Gasteiger partial charge in [-0.05, 0) is 30.7 Å². The van der Waals surface area contributed by atoms with Gasteiger partial charge in [-0.1, -0.05) is 20.8 Å². The van der Waals surface area contributed by atoms with Crippen molar-refractivity contribution in [3.8, 4) is 0 Å². The molecule has 2 unspecified atom stereocenters. The Morgan fingerprint density at radius 3 is 2.95 bits per heavy atom. The van der Waals surface area contributed by atoms with Crippen molar-refractivity contribution in [2.45, 2.75) is 39.7 Å². The molecule has 1 aromatic heterocycles. The Bertz CT molecular complexity index is 524. The van der Waals surface area contributed by atoms with E-state index in [2.05, 4.69) is 46.3 Å². The number of hydrogen-bond acceptors (Lipinski definition) is 6. The molecular weight excluding hydrogens is 276 g/mol. The number of piperidine rings is 1. The van der Waals surface area contributed by atoms with Crippen molar-refractivity contribution in [2.75, 3.05) is 42.1 Å². The van der Waals surface area contributed by atoms with Gasteiger partial charge < -0.3 is 21.3 Å². The molecule has 0 radical (unpaired) electrons. The van der Waals surface area contributed by atoms with Crippen molar-refractivity contribution in [3.05, 3.63) is 6.07 Å². The van der Waals surface area contributed by atoms with E-state index in [0.29, 0.717) is 12.0 Å². The molecule has 3 rings (SSSR count). The number of nitrogen functional groups attached to an aromatic ring is 1. The number of anilines is 3. The average molecular weight is 304 g/mol. The molecule has 0 spiro atoms. The van der Waals surface area contributed by atoms with Crippen LogP contribution in [-0.2, 0) is 0 Å². The van der Waals surface area contributed by atoms with Crippen LogP contribution in [-0.4, -0.2) is 42.2 Å². The Labute approximate surface area is 132 Å². The fourth-order valence-corrected chi connectivity index (χ4v) is 3.32. The van der Waals surface area contributed by atoms with Crippen LogP contribution >= 0.6 is 0 Å². The standard InChI is InChI=1S/C16H28N6/c1-16(2,3)10-19-13-8-14(21-15(17)20-13)22-7-5-12-11(9-22)4-6-18-12/h8,11-12,18H,4-7,9-10H2,1-3H3,(H3,17,19,20,21). The van der Waals surface area contributed by atoms with Gasteiger partial charge in [-0.15, -0.1) is 0 Å². The smallest absolute Gasteiger partial charge is 0.223 e. The van der Waals surface area contributed by atoms with Crippen molar-refractivity contribution in [2.24, 2.45) is 11.3 Å². The highest BCUT2D eigenvalue weighted by Gasteiger charge is 2.33. The van der Waals surface area contributed by atoms with Crippen molar-refractivity contribution in [1.82, 2.24) is 15.3 Å². The molecule has 0 amide bonds. The van der Waals surface area contributed by atoms with E-state index >= 15 is 0 Å². The summed E-state index contributed by atoms with van der Waals surface area (Å²) in [6, 6.07) is 2.72. The molecule has 2 aliphatic heterocycles. The second-order valence-electron chi connectivity index (χ2n) is 7.73. The van der Waals surface area contributed by atoms with E-state index in [1.807, 2.05) is 6.07 Å². The van der Waals surface area contributed by atoms with Crippen molar-refractivity contribution in [1.29, 1.82) is 0 Å².